The molecule has 3 heteroatoms. The lowest BCUT2D eigenvalue weighted by Gasteiger charge is -2.19. The lowest BCUT2D eigenvalue weighted by molar-refractivity contribution is 0.402. The predicted octanol–water partition coefficient (Wildman–Crippen LogP) is 2.55. The van der Waals surface area contributed by atoms with Crippen LogP contribution in [-0.4, -0.2) is 16.8 Å². The second-order valence-electron chi connectivity index (χ2n) is 5.12. The summed E-state index contributed by atoms with van der Waals surface area (Å²) in [5, 5.41) is 22.8. The van der Waals surface area contributed by atoms with E-state index in [-0.39, 0.29) is 17.5 Å². The molecule has 0 radical (unpaired) electrons. The van der Waals surface area contributed by atoms with Gasteiger partial charge in [-0.05, 0) is 37.3 Å². The lowest BCUT2D eigenvalue weighted by Crippen LogP contribution is -2.25. The Labute approximate surface area is 96.1 Å². The molecule has 16 heavy (non-hydrogen) atoms. The smallest absolute Gasteiger partial charge is 0.124 e. The van der Waals surface area contributed by atoms with Crippen molar-refractivity contribution in [3.05, 3.63) is 23.8 Å². The summed E-state index contributed by atoms with van der Waals surface area (Å²) in [5.74, 6) is 0.307. The highest BCUT2D eigenvalue weighted by Crippen LogP contribution is 2.44. The molecule has 1 atom stereocenters. The van der Waals surface area contributed by atoms with Crippen LogP contribution in [0.1, 0.15) is 38.3 Å². The van der Waals surface area contributed by atoms with E-state index >= 15 is 0 Å². The summed E-state index contributed by atoms with van der Waals surface area (Å²) in [6.07, 6.45) is 2.53. The largest absolute Gasteiger partial charge is 0.507 e. The summed E-state index contributed by atoms with van der Waals surface area (Å²) in [6.45, 7) is 5.14. The number of rotatable bonds is 4. The van der Waals surface area contributed by atoms with Crippen molar-refractivity contribution in [2.24, 2.45) is 5.41 Å². The molecule has 1 aliphatic rings. The maximum absolute atomic E-state index is 9.71. The SMILES string of the molecule is CC(NCC1(C)CC1)c1c(O)cccc1O. The first-order chi connectivity index (χ1) is 7.52. The minimum atomic E-state index is -0.0291. The molecule has 1 fully saturated rings. The van der Waals surface area contributed by atoms with Crippen LogP contribution in [0.3, 0.4) is 0 Å². The van der Waals surface area contributed by atoms with E-state index in [1.54, 1.807) is 18.2 Å². The van der Waals surface area contributed by atoms with Gasteiger partial charge in [0.2, 0.25) is 0 Å². The Kier molecular flexibility index (Phi) is 2.80. The molecule has 1 saturated carbocycles. The second kappa shape index (κ2) is 3.98. The van der Waals surface area contributed by atoms with Gasteiger partial charge in [0.15, 0.2) is 0 Å². The Bertz CT molecular complexity index is 365. The molecule has 0 heterocycles. The van der Waals surface area contributed by atoms with Crippen LogP contribution >= 0.6 is 0 Å². The second-order valence-corrected chi connectivity index (χ2v) is 5.12. The van der Waals surface area contributed by atoms with Gasteiger partial charge in [0, 0.05) is 12.6 Å². The molecule has 0 aliphatic heterocycles. The number of hydrogen-bond donors (Lipinski definition) is 3. The molecule has 0 aromatic heterocycles. The van der Waals surface area contributed by atoms with Gasteiger partial charge in [0.05, 0.1) is 5.56 Å². The third-order valence-electron chi connectivity index (χ3n) is 3.43. The fourth-order valence-electron chi connectivity index (χ4n) is 1.88. The van der Waals surface area contributed by atoms with Crippen molar-refractivity contribution in [3.8, 4) is 11.5 Å². The first-order valence-corrected chi connectivity index (χ1v) is 5.76. The van der Waals surface area contributed by atoms with Crippen molar-refractivity contribution < 1.29 is 10.2 Å². The van der Waals surface area contributed by atoms with E-state index in [1.165, 1.54) is 12.8 Å². The van der Waals surface area contributed by atoms with E-state index in [1.807, 2.05) is 6.92 Å². The van der Waals surface area contributed by atoms with Gasteiger partial charge in [-0.1, -0.05) is 13.0 Å². The highest BCUT2D eigenvalue weighted by molar-refractivity contribution is 5.44. The van der Waals surface area contributed by atoms with Crippen molar-refractivity contribution >= 4 is 0 Å². The maximum atomic E-state index is 9.71. The lowest BCUT2D eigenvalue weighted by atomic mass is 10.0. The number of phenolic OH excluding ortho intramolecular Hbond substituents is 2. The van der Waals surface area contributed by atoms with Crippen LogP contribution in [0, 0.1) is 5.41 Å². The molecule has 1 aromatic rings. The average Bonchev–Trinajstić information content (AvgIpc) is 2.94. The van der Waals surface area contributed by atoms with Crippen molar-refractivity contribution in [1.82, 2.24) is 5.32 Å². The molecule has 1 unspecified atom stereocenters. The average molecular weight is 221 g/mol. The predicted molar refractivity (Wildman–Crippen MR) is 63.5 cm³/mol. The standard InChI is InChI=1S/C13H19NO2/c1-9(14-8-13(2)6-7-13)12-10(15)4-3-5-11(12)16/h3-5,9,14-16H,6-8H2,1-2H3. The number of nitrogens with one attached hydrogen (secondary N) is 1. The van der Waals surface area contributed by atoms with Gasteiger partial charge in [-0.2, -0.15) is 0 Å². The Hall–Kier alpha value is -1.22. The first kappa shape index (κ1) is 11.3. The molecular formula is C13H19NO2. The quantitative estimate of drug-likeness (QED) is 0.732. The summed E-state index contributed by atoms with van der Waals surface area (Å²) in [7, 11) is 0. The molecule has 2 rings (SSSR count). The van der Waals surface area contributed by atoms with Crippen LogP contribution in [0.25, 0.3) is 0 Å². The van der Waals surface area contributed by atoms with E-state index in [0.717, 1.165) is 6.54 Å². The van der Waals surface area contributed by atoms with Crippen molar-refractivity contribution in [1.29, 1.82) is 0 Å². The molecule has 0 amide bonds. The normalized spacial score (nSPS) is 19.4. The summed E-state index contributed by atoms with van der Waals surface area (Å²) >= 11 is 0. The van der Waals surface area contributed by atoms with Crippen molar-refractivity contribution in [2.75, 3.05) is 6.54 Å². The molecule has 0 bridgehead atoms. The van der Waals surface area contributed by atoms with Gasteiger partial charge in [-0.15, -0.1) is 0 Å². The van der Waals surface area contributed by atoms with E-state index in [4.69, 9.17) is 0 Å². The van der Waals surface area contributed by atoms with Crippen LogP contribution < -0.4 is 5.32 Å². The third-order valence-corrected chi connectivity index (χ3v) is 3.43. The minimum absolute atomic E-state index is 0.0291. The third kappa shape index (κ3) is 2.30. The maximum Gasteiger partial charge on any atom is 0.124 e. The molecular weight excluding hydrogens is 202 g/mol. The number of hydrogen-bond acceptors (Lipinski definition) is 3. The van der Waals surface area contributed by atoms with Gasteiger partial charge >= 0.3 is 0 Å². The summed E-state index contributed by atoms with van der Waals surface area (Å²) in [6, 6.07) is 4.82. The van der Waals surface area contributed by atoms with Crippen LogP contribution in [0.4, 0.5) is 0 Å². The molecule has 0 saturated heterocycles. The number of aromatic hydroxyl groups is 2. The summed E-state index contributed by atoms with van der Waals surface area (Å²) < 4.78 is 0. The first-order valence-electron chi connectivity index (χ1n) is 5.76. The Morgan fingerprint density at radius 1 is 1.31 bits per heavy atom. The fourth-order valence-corrected chi connectivity index (χ4v) is 1.88. The fraction of sp³-hybridized carbons (Fsp3) is 0.538. The molecule has 1 aromatic carbocycles. The Balaban J connectivity index is 2.05. The van der Waals surface area contributed by atoms with Gasteiger partial charge < -0.3 is 15.5 Å². The van der Waals surface area contributed by atoms with E-state index in [9.17, 15) is 10.2 Å². The molecule has 88 valence electrons. The summed E-state index contributed by atoms with van der Waals surface area (Å²) in [5.41, 5.74) is 1.01. The van der Waals surface area contributed by atoms with E-state index in [2.05, 4.69) is 12.2 Å². The zero-order valence-corrected chi connectivity index (χ0v) is 9.83. The highest BCUT2D eigenvalue weighted by atomic mass is 16.3. The monoisotopic (exact) mass is 221 g/mol. The van der Waals surface area contributed by atoms with E-state index in [0.29, 0.717) is 11.0 Å². The van der Waals surface area contributed by atoms with Crippen LogP contribution in [-0.2, 0) is 0 Å². The van der Waals surface area contributed by atoms with Gasteiger partial charge in [0.25, 0.3) is 0 Å². The van der Waals surface area contributed by atoms with Gasteiger partial charge in [-0.3, -0.25) is 0 Å². The molecule has 0 spiro atoms. The van der Waals surface area contributed by atoms with Gasteiger partial charge in [0.1, 0.15) is 11.5 Å². The van der Waals surface area contributed by atoms with Gasteiger partial charge in [-0.25, -0.2) is 0 Å². The van der Waals surface area contributed by atoms with E-state index < -0.39 is 0 Å². The van der Waals surface area contributed by atoms with Crippen molar-refractivity contribution in [3.63, 3.8) is 0 Å². The summed E-state index contributed by atoms with van der Waals surface area (Å²) in [4.78, 5) is 0. The Morgan fingerprint density at radius 3 is 2.38 bits per heavy atom. The number of phenols is 2. The zero-order chi connectivity index (χ0) is 11.8. The van der Waals surface area contributed by atoms with Crippen LogP contribution in [0.2, 0.25) is 0 Å². The van der Waals surface area contributed by atoms with Crippen molar-refractivity contribution in [2.45, 2.75) is 32.7 Å². The van der Waals surface area contributed by atoms with Crippen LogP contribution in [0.15, 0.2) is 18.2 Å². The van der Waals surface area contributed by atoms with Crippen LogP contribution in [0.5, 0.6) is 11.5 Å². The molecule has 3 N–H and O–H groups in total. The molecule has 1 aliphatic carbocycles. The minimum Gasteiger partial charge on any atom is -0.507 e. The number of benzene rings is 1. The Morgan fingerprint density at radius 2 is 1.88 bits per heavy atom. The molecule has 3 nitrogen and oxygen atoms in total. The zero-order valence-electron chi connectivity index (χ0n) is 9.83. The topological polar surface area (TPSA) is 52.5 Å². The highest BCUT2D eigenvalue weighted by Gasteiger charge is 2.37.